The van der Waals surface area contributed by atoms with E-state index in [1.807, 2.05) is 0 Å². The highest BCUT2D eigenvalue weighted by molar-refractivity contribution is 6.48. The number of nitro groups is 1. The van der Waals surface area contributed by atoms with Crippen LogP contribution in [0.1, 0.15) is 66.7 Å². The first kappa shape index (κ1) is 30.6. The van der Waals surface area contributed by atoms with Crippen LogP contribution in [-0.4, -0.2) is 80.4 Å². The lowest BCUT2D eigenvalue weighted by Gasteiger charge is -2.64. The first-order valence-corrected chi connectivity index (χ1v) is 14.2. The van der Waals surface area contributed by atoms with Crippen molar-refractivity contribution >= 4 is 24.9 Å². The van der Waals surface area contributed by atoms with Crippen LogP contribution in [0.4, 0.5) is 0 Å². The molecular weight excluding hydrogens is 535 g/mol. The first-order valence-electron chi connectivity index (χ1n) is 14.2. The molecule has 41 heavy (non-hydrogen) atoms. The molecule has 4 aliphatic rings. The summed E-state index contributed by atoms with van der Waals surface area (Å²) in [5, 5.41) is 36.3. The minimum Gasteiger partial charge on any atom is -0.404 e. The van der Waals surface area contributed by atoms with E-state index in [0.29, 0.717) is 24.7 Å². The quantitative estimate of drug-likeness (QED) is 0.0528. The predicted molar refractivity (Wildman–Crippen MR) is 146 cm³/mol. The van der Waals surface area contributed by atoms with Crippen LogP contribution in [0, 0.1) is 38.7 Å². The molecule has 0 spiro atoms. The Bertz CT molecular complexity index is 1120. The number of aromatic nitrogens is 4. The summed E-state index contributed by atoms with van der Waals surface area (Å²) < 4.78 is 14.4. The molecule has 17 heteroatoms. The van der Waals surface area contributed by atoms with Gasteiger partial charge in [0.25, 0.3) is 5.96 Å². The average molecular weight is 576 g/mol. The maximum atomic E-state index is 13.6. The van der Waals surface area contributed by atoms with E-state index >= 15 is 0 Å². The highest BCUT2D eigenvalue weighted by Gasteiger charge is 2.68. The second-order valence-electron chi connectivity index (χ2n) is 12.5. The molecule has 1 aromatic heterocycles. The van der Waals surface area contributed by atoms with Crippen molar-refractivity contribution in [2.45, 2.75) is 97.0 Å². The van der Waals surface area contributed by atoms with Crippen molar-refractivity contribution in [2.24, 2.45) is 23.2 Å². The number of carbonyl (C=O) groups is 2. The summed E-state index contributed by atoms with van der Waals surface area (Å²) in [6.07, 6.45) is 4.49. The van der Waals surface area contributed by atoms with Crippen molar-refractivity contribution in [2.75, 3.05) is 6.54 Å². The molecule has 2 heterocycles. The van der Waals surface area contributed by atoms with Gasteiger partial charge >= 0.3 is 7.12 Å². The van der Waals surface area contributed by atoms with Gasteiger partial charge in [-0.25, -0.2) is 14.8 Å². The van der Waals surface area contributed by atoms with Gasteiger partial charge in [0.15, 0.2) is 5.03 Å². The summed E-state index contributed by atoms with van der Waals surface area (Å²) in [6.45, 7) is 10.9. The molecule has 2 bridgehead atoms. The van der Waals surface area contributed by atoms with E-state index in [1.165, 1.54) is 11.0 Å². The van der Waals surface area contributed by atoms with Crippen LogP contribution in [0.5, 0.6) is 0 Å². The van der Waals surface area contributed by atoms with Crippen LogP contribution in [-0.2, 0) is 25.4 Å². The lowest BCUT2D eigenvalue weighted by atomic mass is 9.43. The Morgan fingerprint density at radius 3 is 2.66 bits per heavy atom. The third kappa shape index (κ3) is 6.94. The van der Waals surface area contributed by atoms with Gasteiger partial charge in [0.05, 0.1) is 17.6 Å². The van der Waals surface area contributed by atoms with E-state index in [-0.39, 0.29) is 36.9 Å². The SMILES string of the molecule is CC(C)C[C@H](NC(=O)[C@H](CCCNC(=N)N[N+](=O)[O-])NC(=O)Cn1cnnn1)B1O[C@@H]2C[C@@H]3C[C@@H](C3(C)C)[C@]2(C)O1. The van der Waals surface area contributed by atoms with Crippen LogP contribution in [0.15, 0.2) is 6.33 Å². The molecule has 1 aromatic rings. The van der Waals surface area contributed by atoms with Crippen LogP contribution in [0.2, 0.25) is 0 Å². The molecule has 0 radical (unpaired) electrons. The summed E-state index contributed by atoms with van der Waals surface area (Å²) in [4.78, 5) is 36.9. The molecule has 1 saturated heterocycles. The van der Waals surface area contributed by atoms with Gasteiger partial charge in [-0.2, -0.15) is 0 Å². The van der Waals surface area contributed by atoms with Gasteiger partial charge in [-0.3, -0.25) is 15.0 Å². The molecule has 0 unspecified atom stereocenters. The lowest BCUT2D eigenvalue weighted by molar-refractivity contribution is -0.525. The topological polar surface area (TPSA) is 211 Å². The molecule has 3 aliphatic carbocycles. The van der Waals surface area contributed by atoms with Crippen LogP contribution in [0.3, 0.4) is 0 Å². The Kier molecular flexibility index (Phi) is 9.16. The molecule has 1 aliphatic heterocycles. The summed E-state index contributed by atoms with van der Waals surface area (Å²) in [6, 6.07) is -0.917. The Morgan fingerprint density at radius 2 is 2.02 bits per heavy atom. The molecule has 5 N–H and O–H groups in total. The molecule has 6 atom stereocenters. The van der Waals surface area contributed by atoms with Crippen molar-refractivity contribution in [1.29, 1.82) is 5.41 Å². The van der Waals surface area contributed by atoms with Crippen molar-refractivity contribution in [3.8, 4) is 0 Å². The van der Waals surface area contributed by atoms with E-state index in [0.717, 1.165) is 12.8 Å². The van der Waals surface area contributed by atoms with E-state index < -0.39 is 47.5 Å². The Morgan fingerprint density at radius 1 is 1.27 bits per heavy atom. The average Bonchev–Trinajstić information content (AvgIpc) is 3.51. The van der Waals surface area contributed by atoms with E-state index in [9.17, 15) is 19.7 Å². The fourth-order valence-corrected chi connectivity index (χ4v) is 6.66. The standard InChI is InChI=1S/C24H41BN10O6/c1-14(2)9-19(25-40-18-11-15-10-17(23(15,3)4)24(18,5)41-25)30-21(37)16(7-6-8-27-22(26)31-35(38)39)29-20(36)12-34-13-28-32-33-34/h13-19H,6-12H2,1-5H3,(H,29,36)(H,30,37)(H3,26,27,31)/t15-,16-,17-,18+,19-,24-/m0/s1. The zero-order chi connectivity index (χ0) is 29.9. The van der Waals surface area contributed by atoms with Gasteiger partial charge in [0, 0.05) is 6.54 Å². The third-order valence-electron chi connectivity index (χ3n) is 8.87. The van der Waals surface area contributed by atoms with Gasteiger partial charge in [0.1, 0.15) is 18.9 Å². The zero-order valence-corrected chi connectivity index (χ0v) is 24.3. The number of tetrazole rings is 1. The first-order chi connectivity index (χ1) is 19.3. The summed E-state index contributed by atoms with van der Waals surface area (Å²) >= 11 is 0. The fraction of sp³-hybridized carbons (Fsp3) is 0.833. The van der Waals surface area contributed by atoms with Gasteiger partial charge < -0.3 is 25.3 Å². The van der Waals surface area contributed by atoms with Gasteiger partial charge in [-0.1, -0.05) is 33.1 Å². The molecule has 16 nitrogen and oxygen atoms in total. The van der Waals surface area contributed by atoms with E-state index in [1.54, 1.807) is 5.43 Å². The van der Waals surface area contributed by atoms with Gasteiger partial charge in [-0.15, -0.1) is 5.10 Å². The smallest absolute Gasteiger partial charge is 0.404 e. The highest BCUT2D eigenvalue weighted by atomic mass is 16.7. The second kappa shape index (κ2) is 12.3. The summed E-state index contributed by atoms with van der Waals surface area (Å²) in [7, 11) is -0.612. The van der Waals surface area contributed by atoms with Crippen molar-refractivity contribution in [1.82, 2.24) is 41.6 Å². The van der Waals surface area contributed by atoms with Crippen molar-refractivity contribution in [3.63, 3.8) is 0 Å². The number of nitrogens with zero attached hydrogens (tertiary/aromatic N) is 5. The number of hydrogen-bond donors (Lipinski definition) is 5. The summed E-state index contributed by atoms with van der Waals surface area (Å²) in [5.74, 6) is -0.527. The minimum atomic E-state index is -0.917. The summed E-state index contributed by atoms with van der Waals surface area (Å²) in [5.41, 5.74) is 1.49. The second-order valence-corrected chi connectivity index (χ2v) is 12.5. The zero-order valence-electron chi connectivity index (χ0n) is 24.3. The fourth-order valence-electron chi connectivity index (χ4n) is 6.66. The normalized spacial score (nSPS) is 27.3. The molecule has 226 valence electrons. The largest absolute Gasteiger partial charge is 0.481 e. The van der Waals surface area contributed by atoms with Crippen LogP contribution in [0.25, 0.3) is 0 Å². The molecular formula is C24H41BN10O6. The Balaban J connectivity index is 1.42. The van der Waals surface area contributed by atoms with Gasteiger partial charge in [0.2, 0.25) is 11.8 Å². The van der Waals surface area contributed by atoms with E-state index in [2.05, 4.69) is 66.1 Å². The minimum absolute atomic E-state index is 0.0307. The number of amides is 2. The van der Waals surface area contributed by atoms with Crippen molar-refractivity contribution in [3.05, 3.63) is 16.4 Å². The number of guanidine groups is 1. The Hall–Kier alpha value is -3.34. The highest BCUT2D eigenvalue weighted by Crippen LogP contribution is 2.65. The van der Waals surface area contributed by atoms with Gasteiger partial charge in [-0.05, 0) is 72.6 Å². The number of nitrogens with one attached hydrogen (secondary N) is 5. The maximum Gasteiger partial charge on any atom is 0.481 e. The van der Waals surface area contributed by atoms with Crippen LogP contribution < -0.4 is 21.4 Å². The molecule has 5 rings (SSSR count). The number of rotatable bonds is 13. The molecule has 2 amide bonds. The monoisotopic (exact) mass is 576 g/mol. The maximum absolute atomic E-state index is 13.6. The Labute approximate surface area is 239 Å². The predicted octanol–water partition coefficient (Wildman–Crippen LogP) is 0.0422. The number of hydrogen-bond acceptors (Lipinski definition) is 10. The molecule has 4 fully saturated rings. The third-order valence-corrected chi connectivity index (χ3v) is 8.87. The number of carbonyl (C=O) groups excluding carboxylic acids is 2. The molecule has 3 saturated carbocycles. The number of hydrazine groups is 1. The van der Waals surface area contributed by atoms with Crippen molar-refractivity contribution < 1.29 is 23.9 Å². The van der Waals surface area contributed by atoms with E-state index in [4.69, 9.17) is 14.7 Å². The van der Waals surface area contributed by atoms with Crippen LogP contribution >= 0.6 is 0 Å². The molecule has 0 aromatic carbocycles. The lowest BCUT2D eigenvalue weighted by Crippen LogP contribution is -2.65.